The first kappa shape index (κ1) is 16.3. The average molecular weight is 313 g/mol. The summed E-state index contributed by atoms with van der Waals surface area (Å²) in [5, 5.41) is 12.4. The van der Waals surface area contributed by atoms with Crippen LogP contribution in [0, 0.1) is 5.82 Å². The van der Waals surface area contributed by atoms with Gasteiger partial charge < -0.3 is 15.2 Å². The molecule has 1 aliphatic heterocycles. The summed E-state index contributed by atoms with van der Waals surface area (Å²) in [4.78, 5) is 12.9. The van der Waals surface area contributed by atoms with Crippen LogP contribution in [0.15, 0.2) is 29.2 Å². The van der Waals surface area contributed by atoms with Crippen molar-refractivity contribution in [3.8, 4) is 0 Å². The minimum absolute atomic E-state index is 0.0623. The number of benzene rings is 1. The summed E-state index contributed by atoms with van der Waals surface area (Å²) < 4.78 is 18.0. The molecule has 116 valence electrons. The van der Waals surface area contributed by atoms with Gasteiger partial charge >= 0.3 is 0 Å². The van der Waals surface area contributed by atoms with Crippen LogP contribution in [0.1, 0.15) is 19.3 Å². The second kappa shape index (κ2) is 7.77. The summed E-state index contributed by atoms with van der Waals surface area (Å²) in [6.45, 7) is 1.06. The molecule has 0 bridgehead atoms. The number of nitrogens with one attached hydrogen (secondary N) is 1. The number of aliphatic hydroxyl groups is 1. The van der Waals surface area contributed by atoms with Gasteiger partial charge in [-0.3, -0.25) is 4.79 Å². The number of thioether (sulfide) groups is 1. The summed E-state index contributed by atoms with van der Waals surface area (Å²) in [5.41, 5.74) is -0.532. The van der Waals surface area contributed by atoms with Gasteiger partial charge in [0.2, 0.25) is 5.91 Å². The van der Waals surface area contributed by atoms with Crippen molar-refractivity contribution < 1.29 is 19.0 Å². The number of ether oxygens (including phenoxy) is 1. The van der Waals surface area contributed by atoms with E-state index in [4.69, 9.17) is 4.74 Å². The standard InChI is InChI=1S/C15H20FNO3S/c16-12-1-3-13(4-2-12)21-10-5-14(19)17-15(11-18)6-8-20-9-7-15/h1-4,18H,5-11H2,(H,17,19). The molecule has 0 saturated carbocycles. The van der Waals surface area contributed by atoms with Gasteiger partial charge in [0.05, 0.1) is 12.1 Å². The Morgan fingerprint density at radius 1 is 1.33 bits per heavy atom. The highest BCUT2D eigenvalue weighted by molar-refractivity contribution is 7.99. The molecular formula is C15H20FNO3S. The number of amides is 1. The van der Waals surface area contributed by atoms with E-state index in [2.05, 4.69) is 5.32 Å². The zero-order chi connectivity index (χ0) is 15.1. The number of aliphatic hydroxyl groups excluding tert-OH is 1. The van der Waals surface area contributed by atoms with E-state index in [1.807, 2.05) is 0 Å². The van der Waals surface area contributed by atoms with E-state index in [9.17, 15) is 14.3 Å². The van der Waals surface area contributed by atoms with E-state index in [0.29, 0.717) is 38.2 Å². The molecule has 2 N–H and O–H groups in total. The van der Waals surface area contributed by atoms with E-state index in [-0.39, 0.29) is 18.3 Å². The fourth-order valence-corrected chi connectivity index (χ4v) is 3.09. The van der Waals surface area contributed by atoms with Crippen molar-refractivity contribution in [1.82, 2.24) is 5.32 Å². The van der Waals surface area contributed by atoms with Crippen molar-refractivity contribution in [3.63, 3.8) is 0 Å². The molecule has 1 heterocycles. The highest BCUT2D eigenvalue weighted by atomic mass is 32.2. The summed E-state index contributed by atoms with van der Waals surface area (Å²) in [6.07, 6.45) is 1.64. The van der Waals surface area contributed by atoms with E-state index in [0.717, 1.165) is 4.90 Å². The lowest BCUT2D eigenvalue weighted by atomic mass is 9.91. The molecule has 1 aliphatic rings. The van der Waals surface area contributed by atoms with Gasteiger partial charge in [0.1, 0.15) is 5.82 Å². The van der Waals surface area contributed by atoms with Gasteiger partial charge in [0.25, 0.3) is 0 Å². The summed E-state index contributed by atoms with van der Waals surface area (Å²) in [6, 6.07) is 6.22. The number of hydrogen-bond acceptors (Lipinski definition) is 4. The third kappa shape index (κ3) is 4.98. The summed E-state index contributed by atoms with van der Waals surface area (Å²) in [5.74, 6) is 0.289. The van der Waals surface area contributed by atoms with Crippen LogP contribution in [0.25, 0.3) is 0 Å². The Balaban J connectivity index is 1.75. The van der Waals surface area contributed by atoms with Crippen molar-refractivity contribution in [2.45, 2.75) is 29.7 Å². The van der Waals surface area contributed by atoms with Crippen LogP contribution >= 0.6 is 11.8 Å². The molecule has 0 atom stereocenters. The SMILES string of the molecule is O=C(CCSc1ccc(F)cc1)NC1(CO)CCOCC1. The van der Waals surface area contributed by atoms with E-state index >= 15 is 0 Å². The largest absolute Gasteiger partial charge is 0.394 e. The van der Waals surface area contributed by atoms with E-state index in [1.54, 1.807) is 12.1 Å². The monoisotopic (exact) mass is 313 g/mol. The van der Waals surface area contributed by atoms with Crippen molar-refractivity contribution in [2.24, 2.45) is 0 Å². The Morgan fingerprint density at radius 2 is 2.00 bits per heavy atom. The maximum absolute atomic E-state index is 12.8. The Kier molecular flexibility index (Phi) is 6.02. The zero-order valence-corrected chi connectivity index (χ0v) is 12.6. The van der Waals surface area contributed by atoms with Gasteiger partial charge in [0.15, 0.2) is 0 Å². The Hall–Kier alpha value is -1.11. The molecule has 1 aromatic rings. The molecule has 0 unspecified atom stereocenters. The predicted octanol–water partition coefficient (Wildman–Crippen LogP) is 1.97. The van der Waals surface area contributed by atoms with Crippen LogP contribution in [0.5, 0.6) is 0 Å². The Bertz CT molecular complexity index is 460. The Labute approximate surface area is 128 Å². The summed E-state index contributed by atoms with van der Waals surface area (Å²) >= 11 is 1.51. The fourth-order valence-electron chi connectivity index (χ4n) is 2.24. The number of carbonyl (C=O) groups is 1. The Morgan fingerprint density at radius 3 is 2.62 bits per heavy atom. The molecule has 21 heavy (non-hydrogen) atoms. The number of hydrogen-bond donors (Lipinski definition) is 2. The van der Waals surface area contributed by atoms with Crippen molar-refractivity contribution >= 4 is 17.7 Å². The maximum atomic E-state index is 12.8. The van der Waals surface area contributed by atoms with Crippen molar-refractivity contribution in [3.05, 3.63) is 30.1 Å². The van der Waals surface area contributed by atoms with Crippen LogP contribution in [-0.4, -0.2) is 42.1 Å². The molecule has 1 amide bonds. The average Bonchev–Trinajstić information content (AvgIpc) is 2.50. The lowest BCUT2D eigenvalue weighted by molar-refractivity contribution is -0.124. The molecule has 0 radical (unpaired) electrons. The van der Waals surface area contributed by atoms with E-state index < -0.39 is 5.54 Å². The normalized spacial score (nSPS) is 17.4. The highest BCUT2D eigenvalue weighted by Gasteiger charge is 2.33. The topological polar surface area (TPSA) is 58.6 Å². The first-order chi connectivity index (χ1) is 10.1. The maximum Gasteiger partial charge on any atom is 0.221 e. The molecule has 0 aromatic heterocycles. The van der Waals surface area contributed by atoms with Crippen molar-refractivity contribution in [2.75, 3.05) is 25.6 Å². The molecule has 0 aliphatic carbocycles. The quantitative estimate of drug-likeness (QED) is 0.788. The van der Waals surface area contributed by atoms with Gasteiger partial charge in [-0.15, -0.1) is 11.8 Å². The molecular weight excluding hydrogens is 293 g/mol. The predicted molar refractivity (Wildman–Crippen MR) is 79.8 cm³/mol. The lowest BCUT2D eigenvalue weighted by Crippen LogP contribution is -2.54. The van der Waals surface area contributed by atoms with Gasteiger partial charge in [0, 0.05) is 30.3 Å². The zero-order valence-electron chi connectivity index (χ0n) is 11.8. The van der Waals surface area contributed by atoms with Crippen molar-refractivity contribution in [1.29, 1.82) is 0 Å². The van der Waals surface area contributed by atoms with Gasteiger partial charge in [-0.25, -0.2) is 4.39 Å². The fraction of sp³-hybridized carbons (Fsp3) is 0.533. The van der Waals surface area contributed by atoms with Gasteiger partial charge in [-0.1, -0.05) is 0 Å². The molecule has 1 fully saturated rings. The molecule has 4 nitrogen and oxygen atoms in total. The van der Waals surface area contributed by atoms with Crippen LogP contribution < -0.4 is 5.32 Å². The molecule has 0 spiro atoms. The number of halogens is 1. The first-order valence-corrected chi connectivity index (χ1v) is 8.00. The molecule has 2 rings (SSSR count). The van der Waals surface area contributed by atoms with Crippen LogP contribution in [0.4, 0.5) is 4.39 Å². The van der Waals surface area contributed by atoms with Gasteiger partial charge in [-0.05, 0) is 37.1 Å². The third-order valence-electron chi connectivity index (χ3n) is 3.57. The van der Waals surface area contributed by atoms with Crippen LogP contribution in [0.3, 0.4) is 0 Å². The minimum Gasteiger partial charge on any atom is -0.394 e. The van der Waals surface area contributed by atoms with Crippen LogP contribution in [0.2, 0.25) is 0 Å². The summed E-state index contributed by atoms with van der Waals surface area (Å²) in [7, 11) is 0. The molecule has 1 aromatic carbocycles. The molecule has 1 saturated heterocycles. The highest BCUT2D eigenvalue weighted by Crippen LogP contribution is 2.22. The second-order valence-electron chi connectivity index (χ2n) is 5.15. The lowest BCUT2D eigenvalue weighted by Gasteiger charge is -2.36. The third-order valence-corrected chi connectivity index (χ3v) is 4.58. The van der Waals surface area contributed by atoms with E-state index in [1.165, 1.54) is 23.9 Å². The number of carbonyl (C=O) groups excluding carboxylic acids is 1. The van der Waals surface area contributed by atoms with Gasteiger partial charge in [-0.2, -0.15) is 0 Å². The minimum atomic E-state index is -0.532. The first-order valence-electron chi connectivity index (χ1n) is 7.02. The second-order valence-corrected chi connectivity index (χ2v) is 6.32. The number of rotatable bonds is 6. The van der Waals surface area contributed by atoms with Crippen LogP contribution in [-0.2, 0) is 9.53 Å². The smallest absolute Gasteiger partial charge is 0.221 e. The molecule has 6 heteroatoms.